The molecule has 1 rings (SSSR count). The van der Waals surface area contributed by atoms with Gasteiger partial charge in [-0.1, -0.05) is 5.92 Å². The van der Waals surface area contributed by atoms with E-state index in [2.05, 4.69) is 24.7 Å². The lowest BCUT2D eigenvalue weighted by molar-refractivity contribution is -0.0440. The van der Waals surface area contributed by atoms with Gasteiger partial charge in [0, 0.05) is 12.1 Å². The topological polar surface area (TPSA) is 12.5 Å². The Hall–Kier alpha value is -0.230. The number of hydrogen-bond donors (Lipinski definition) is 0. The van der Waals surface area contributed by atoms with Gasteiger partial charge in [-0.3, -0.25) is 4.90 Å². The lowest BCUT2D eigenvalue weighted by Crippen LogP contribution is -2.52. The van der Waals surface area contributed by atoms with Crippen LogP contribution >= 0.6 is 12.4 Å². The van der Waals surface area contributed by atoms with Crippen molar-refractivity contribution in [3.05, 3.63) is 0 Å². The number of hydrogen-bond acceptors (Lipinski definition) is 2. The van der Waals surface area contributed by atoms with Gasteiger partial charge in [-0.2, -0.15) is 0 Å². The monoisotopic (exact) mass is 189 g/mol. The molecular formula is C9H16ClNO. The Morgan fingerprint density at radius 3 is 2.75 bits per heavy atom. The van der Waals surface area contributed by atoms with E-state index in [1.54, 1.807) is 0 Å². The third kappa shape index (κ3) is 2.67. The average molecular weight is 190 g/mol. The molecule has 0 bridgehead atoms. The molecule has 0 unspecified atom stereocenters. The van der Waals surface area contributed by atoms with Gasteiger partial charge in [-0.05, 0) is 13.8 Å². The molecule has 0 atom stereocenters. The van der Waals surface area contributed by atoms with Crippen LogP contribution in [-0.4, -0.2) is 36.7 Å². The van der Waals surface area contributed by atoms with E-state index < -0.39 is 0 Å². The molecule has 70 valence electrons. The quantitative estimate of drug-likeness (QED) is 0.574. The maximum absolute atomic E-state index is 5.35. The molecule has 0 aromatic heterocycles. The summed E-state index contributed by atoms with van der Waals surface area (Å²) >= 11 is 0. The number of terminal acetylenes is 1. The molecule has 0 aromatic carbocycles. The Morgan fingerprint density at radius 2 is 2.25 bits per heavy atom. The number of rotatable bonds is 1. The summed E-state index contributed by atoms with van der Waals surface area (Å²) in [6.45, 7) is 7.60. The first kappa shape index (κ1) is 11.8. The van der Waals surface area contributed by atoms with Gasteiger partial charge in [-0.25, -0.2) is 0 Å². The highest BCUT2D eigenvalue weighted by atomic mass is 35.5. The highest BCUT2D eigenvalue weighted by Crippen LogP contribution is 2.17. The van der Waals surface area contributed by atoms with E-state index in [0.717, 1.165) is 26.3 Å². The molecule has 1 saturated heterocycles. The van der Waals surface area contributed by atoms with Gasteiger partial charge >= 0.3 is 0 Å². The molecule has 0 aliphatic carbocycles. The molecule has 1 aliphatic heterocycles. The third-order valence-corrected chi connectivity index (χ3v) is 2.10. The Balaban J connectivity index is 0.00000121. The number of morpholine rings is 1. The predicted molar refractivity (Wildman–Crippen MR) is 52.6 cm³/mol. The maximum atomic E-state index is 5.35. The zero-order chi connectivity index (χ0) is 8.32. The summed E-state index contributed by atoms with van der Waals surface area (Å²) in [6.07, 6.45) is 5.25. The first-order chi connectivity index (χ1) is 5.17. The van der Waals surface area contributed by atoms with Gasteiger partial charge < -0.3 is 4.74 Å². The first-order valence-electron chi connectivity index (χ1n) is 3.93. The largest absolute Gasteiger partial charge is 0.378 e. The molecular weight excluding hydrogens is 174 g/mol. The van der Waals surface area contributed by atoms with E-state index in [4.69, 9.17) is 11.2 Å². The summed E-state index contributed by atoms with van der Waals surface area (Å²) in [6, 6.07) is 0. The van der Waals surface area contributed by atoms with Crippen LogP contribution in [0.25, 0.3) is 0 Å². The van der Waals surface area contributed by atoms with E-state index in [9.17, 15) is 0 Å². The molecule has 0 saturated carbocycles. The minimum atomic E-state index is 0. The smallest absolute Gasteiger partial charge is 0.0646 e. The number of ether oxygens (including phenoxy) is 1. The van der Waals surface area contributed by atoms with Crippen LogP contribution in [0.2, 0.25) is 0 Å². The predicted octanol–water partition coefficient (Wildman–Crippen LogP) is 1.15. The fourth-order valence-electron chi connectivity index (χ4n) is 1.29. The molecule has 12 heavy (non-hydrogen) atoms. The van der Waals surface area contributed by atoms with Crippen LogP contribution in [0.1, 0.15) is 13.8 Å². The van der Waals surface area contributed by atoms with Gasteiger partial charge in [0.1, 0.15) is 0 Å². The van der Waals surface area contributed by atoms with Crippen molar-refractivity contribution in [3.8, 4) is 12.3 Å². The van der Waals surface area contributed by atoms with E-state index >= 15 is 0 Å². The maximum Gasteiger partial charge on any atom is 0.0646 e. The van der Waals surface area contributed by atoms with Crippen molar-refractivity contribution in [2.24, 2.45) is 0 Å². The van der Waals surface area contributed by atoms with Crippen LogP contribution in [0.15, 0.2) is 0 Å². The lowest BCUT2D eigenvalue weighted by Gasteiger charge is -2.40. The van der Waals surface area contributed by atoms with E-state index in [1.807, 2.05) is 0 Å². The van der Waals surface area contributed by atoms with E-state index in [1.165, 1.54) is 0 Å². The minimum absolute atomic E-state index is 0. The third-order valence-electron chi connectivity index (χ3n) is 2.10. The fraction of sp³-hybridized carbons (Fsp3) is 0.778. The summed E-state index contributed by atoms with van der Waals surface area (Å²) in [5, 5.41) is 0. The Kier molecular flexibility index (Phi) is 4.62. The SMILES string of the molecule is C#CCN1CCOCC1(C)C.Cl. The summed E-state index contributed by atoms with van der Waals surface area (Å²) < 4.78 is 5.35. The normalized spacial score (nSPS) is 22.4. The van der Waals surface area contributed by atoms with Gasteiger partial charge in [0.25, 0.3) is 0 Å². The Morgan fingerprint density at radius 1 is 1.58 bits per heavy atom. The van der Waals surface area contributed by atoms with Crippen LogP contribution in [0.3, 0.4) is 0 Å². The zero-order valence-corrected chi connectivity index (χ0v) is 8.49. The van der Waals surface area contributed by atoms with E-state index in [0.29, 0.717) is 0 Å². The van der Waals surface area contributed by atoms with Crippen molar-refractivity contribution in [1.29, 1.82) is 0 Å². The second-order valence-electron chi connectivity index (χ2n) is 3.49. The lowest BCUT2D eigenvalue weighted by atomic mass is 10.0. The van der Waals surface area contributed by atoms with E-state index in [-0.39, 0.29) is 17.9 Å². The summed E-state index contributed by atoms with van der Waals surface area (Å²) in [4.78, 5) is 2.27. The summed E-state index contributed by atoms with van der Waals surface area (Å²) in [5.74, 6) is 2.66. The van der Waals surface area contributed by atoms with Gasteiger partial charge in [-0.15, -0.1) is 18.8 Å². The van der Waals surface area contributed by atoms with Crippen molar-refractivity contribution in [1.82, 2.24) is 4.90 Å². The van der Waals surface area contributed by atoms with Crippen molar-refractivity contribution >= 4 is 12.4 Å². The van der Waals surface area contributed by atoms with Crippen LogP contribution < -0.4 is 0 Å². The molecule has 1 aliphatic rings. The summed E-state index contributed by atoms with van der Waals surface area (Å²) in [5.41, 5.74) is 0.116. The highest BCUT2D eigenvalue weighted by molar-refractivity contribution is 5.85. The Bertz CT molecular complexity index is 174. The van der Waals surface area contributed by atoms with Gasteiger partial charge in [0.05, 0.1) is 19.8 Å². The second-order valence-corrected chi connectivity index (χ2v) is 3.49. The average Bonchev–Trinajstić information content (AvgIpc) is 1.94. The molecule has 2 nitrogen and oxygen atoms in total. The van der Waals surface area contributed by atoms with Crippen molar-refractivity contribution in [2.45, 2.75) is 19.4 Å². The second kappa shape index (κ2) is 4.71. The fourth-order valence-corrected chi connectivity index (χ4v) is 1.29. The molecule has 1 fully saturated rings. The molecule has 0 spiro atoms. The van der Waals surface area contributed by atoms with Gasteiger partial charge in [0.15, 0.2) is 0 Å². The van der Waals surface area contributed by atoms with Crippen LogP contribution in [0.4, 0.5) is 0 Å². The molecule has 1 heterocycles. The summed E-state index contributed by atoms with van der Waals surface area (Å²) in [7, 11) is 0. The van der Waals surface area contributed by atoms with Crippen molar-refractivity contribution in [2.75, 3.05) is 26.3 Å². The van der Waals surface area contributed by atoms with Crippen LogP contribution in [-0.2, 0) is 4.74 Å². The molecule has 0 radical (unpaired) electrons. The van der Waals surface area contributed by atoms with Crippen LogP contribution in [0.5, 0.6) is 0 Å². The molecule has 0 N–H and O–H groups in total. The Labute approximate surface area is 80.7 Å². The number of nitrogens with zero attached hydrogens (tertiary/aromatic N) is 1. The number of halogens is 1. The highest BCUT2D eigenvalue weighted by Gasteiger charge is 2.29. The minimum Gasteiger partial charge on any atom is -0.378 e. The zero-order valence-electron chi connectivity index (χ0n) is 7.67. The first-order valence-corrected chi connectivity index (χ1v) is 3.93. The molecule has 0 aromatic rings. The van der Waals surface area contributed by atoms with Crippen molar-refractivity contribution in [3.63, 3.8) is 0 Å². The van der Waals surface area contributed by atoms with Gasteiger partial charge in [0.2, 0.25) is 0 Å². The molecule has 3 heteroatoms. The van der Waals surface area contributed by atoms with Crippen molar-refractivity contribution < 1.29 is 4.74 Å². The molecule has 0 amide bonds. The standard InChI is InChI=1S/C9H15NO.ClH/c1-4-5-10-6-7-11-8-9(10,2)3;/h1H,5-8H2,2-3H3;1H. The van der Waals surface area contributed by atoms with Crippen LogP contribution in [0, 0.1) is 12.3 Å².